The largest absolute Gasteiger partial charge is 0.464 e. The Morgan fingerprint density at radius 3 is 2.53 bits per heavy atom. The number of hydrogen-bond donors (Lipinski definition) is 1. The Bertz CT molecular complexity index is 540. The van der Waals surface area contributed by atoms with Crippen LogP contribution < -0.4 is 0 Å². The highest BCUT2D eigenvalue weighted by atomic mass is 16.5. The first-order valence-corrected chi connectivity index (χ1v) is 5.19. The van der Waals surface area contributed by atoms with Crippen LogP contribution in [0.25, 0.3) is 11.4 Å². The van der Waals surface area contributed by atoms with Crippen molar-refractivity contribution in [1.82, 2.24) is 15.0 Å². The Morgan fingerprint density at radius 2 is 1.94 bits per heavy atom. The van der Waals surface area contributed by atoms with Crippen molar-refractivity contribution >= 4 is 5.97 Å². The van der Waals surface area contributed by atoms with Crippen LogP contribution in [0.2, 0.25) is 0 Å². The van der Waals surface area contributed by atoms with Crippen molar-refractivity contribution in [2.45, 2.75) is 13.8 Å². The van der Waals surface area contributed by atoms with Crippen molar-refractivity contribution in [2.75, 3.05) is 7.11 Å². The molecule has 0 radical (unpaired) electrons. The normalized spacial score (nSPS) is 10.3. The summed E-state index contributed by atoms with van der Waals surface area (Å²) in [6, 6.07) is 3.82. The molecule has 0 aliphatic heterocycles. The fourth-order valence-electron chi connectivity index (χ4n) is 1.65. The molecule has 2 rings (SSSR count). The highest BCUT2D eigenvalue weighted by molar-refractivity contribution is 5.87. The number of esters is 1. The molecule has 2 heterocycles. The van der Waals surface area contributed by atoms with Gasteiger partial charge in [0.1, 0.15) is 11.5 Å². The Labute approximate surface area is 98.9 Å². The lowest BCUT2D eigenvalue weighted by Gasteiger charge is -2.01. The molecule has 0 bridgehead atoms. The van der Waals surface area contributed by atoms with E-state index in [1.807, 2.05) is 26.0 Å². The van der Waals surface area contributed by atoms with E-state index in [4.69, 9.17) is 0 Å². The Balaban J connectivity index is 2.40. The van der Waals surface area contributed by atoms with Crippen molar-refractivity contribution < 1.29 is 9.53 Å². The Hall–Kier alpha value is -2.17. The highest BCUT2D eigenvalue weighted by Gasteiger charge is 2.11. The first kappa shape index (κ1) is 11.3. The van der Waals surface area contributed by atoms with E-state index in [1.54, 1.807) is 0 Å². The van der Waals surface area contributed by atoms with Gasteiger partial charge in [0.15, 0.2) is 0 Å². The van der Waals surface area contributed by atoms with E-state index in [1.165, 1.54) is 13.3 Å². The molecular weight excluding hydrogens is 218 g/mol. The summed E-state index contributed by atoms with van der Waals surface area (Å²) in [6.45, 7) is 3.83. The molecule has 5 nitrogen and oxygen atoms in total. The summed E-state index contributed by atoms with van der Waals surface area (Å²) in [4.78, 5) is 22.6. The minimum absolute atomic E-state index is 0.342. The molecule has 2 aromatic heterocycles. The summed E-state index contributed by atoms with van der Waals surface area (Å²) in [5.74, 6) is 0.213. The molecule has 0 spiro atoms. The van der Waals surface area contributed by atoms with Crippen molar-refractivity contribution in [3.8, 4) is 11.4 Å². The monoisotopic (exact) mass is 231 g/mol. The van der Waals surface area contributed by atoms with Gasteiger partial charge in [-0.15, -0.1) is 0 Å². The molecule has 17 heavy (non-hydrogen) atoms. The second-order valence-electron chi connectivity index (χ2n) is 3.78. The lowest BCUT2D eigenvalue weighted by molar-refractivity contribution is 0.0595. The molecule has 0 saturated heterocycles. The molecule has 1 N–H and O–H groups in total. The number of carbonyl (C=O) groups is 1. The SMILES string of the molecule is COC(=O)c1cnc(-c2cc(C)nc(C)c2)[nH]1. The molecule has 2 aromatic rings. The molecule has 0 unspecified atom stereocenters. The third-order valence-corrected chi connectivity index (χ3v) is 2.34. The Kier molecular flexibility index (Phi) is 2.91. The van der Waals surface area contributed by atoms with Crippen LogP contribution in [0, 0.1) is 13.8 Å². The van der Waals surface area contributed by atoms with Gasteiger partial charge in [-0.3, -0.25) is 4.98 Å². The van der Waals surface area contributed by atoms with Crippen molar-refractivity contribution in [2.24, 2.45) is 0 Å². The van der Waals surface area contributed by atoms with Crippen molar-refractivity contribution in [3.63, 3.8) is 0 Å². The van der Waals surface area contributed by atoms with Crippen LogP contribution in [-0.4, -0.2) is 28.0 Å². The van der Waals surface area contributed by atoms with Gasteiger partial charge in [0.25, 0.3) is 0 Å². The van der Waals surface area contributed by atoms with Gasteiger partial charge in [0, 0.05) is 17.0 Å². The maximum atomic E-state index is 11.3. The number of pyridine rings is 1. The summed E-state index contributed by atoms with van der Waals surface area (Å²) in [6.07, 6.45) is 1.46. The van der Waals surface area contributed by atoms with Gasteiger partial charge >= 0.3 is 5.97 Å². The van der Waals surface area contributed by atoms with Crippen LogP contribution in [0.1, 0.15) is 21.9 Å². The molecular formula is C12H13N3O2. The van der Waals surface area contributed by atoms with Gasteiger partial charge in [-0.2, -0.15) is 0 Å². The molecule has 5 heteroatoms. The second-order valence-corrected chi connectivity index (χ2v) is 3.78. The predicted molar refractivity (Wildman–Crippen MR) is 62.6 cm³/mol. The maximum Gasteiger partial charge on any atom is 0.356 e. The zero-order valence-corrected chi connectivity index (χ0v) is 9.94. The van der Waals surface area contributed by atoms with Crippen LogP contribution in [0.3, 0.4) is 0 Å². The number of methoxy groups -OCH3 is 1. The predicted octanol–water partition coefficient (Wildman–Crippen LogP) is 1.88. The molecule has 0 aromatic carbocycles. The van der Waals surface area contributed by atoms with Gasteiger partial charge in [-0.1, -0.05) is 0 Å². The van der Waals surface area contributed by atoms with Crippen LogP contribution in [-0.2, 0) is 4.74 Å². The van der Waals surface area contributed by atoms with E-state index in [9.17, 15) is 4.79 Å². The van der Waals surface area contributed by atoms with Crippen molar-refractivity contribution in [3.05, 3.63) is 35.4 Å². The topological polar surface area (TPSA) is 67.9 Å². The zero-order valence-electron chi connectivity index (χ0n) is 9.94. The number of nitrogens with zero attached hydrogens (tertiary/aromatic N) is 2. The number of nitrogens with one attached hydrogen (secondary N) is 1. The molecule has 0 aliphatic rings. The number of aromatic nitrogens is 3. The van der Waals surface area contributed by atoms with Crippen LogP contribution in [0.15, 0.2) is 18.3 Å². The first-order valence-electron chi connectivity index (χ1n) is 5.19. The van der Waals surface area contributed by atoms with Crippen LogP contribution in [0.4, 0.5) is 0 Å². The molecule has 0 saturated carbocycles. The van der Waals surface area contributed by atoms with Gasteiger partial charge in [-0.25, -0.2) is 9.78 Å². The molecule has 88 valence electrons. The van der Waals surface area contributed by atoms with E-state index in [0.717, 1.165) is 17.0 Å². The molecule has 0 fully saturated rings. The summed E-state index contributed by atoms with van der Waals surface area (Å²) >= 11 is 0. The van der Waals surface area contributed by atoms with E-state index in [2.05, 4.69) is 19.7 Å². The quantitative estimate of drug-likeness (QED) is 0.801. The number of imidazole rings is 1. The van der Waals surface area contributed by atoms with E-state index in [0.29, 0.717) is 11.5 Å². The summed E-state index contributed by atoms with van der Waals surface area (Å²) in [5, 5.41) is 0. The Morgan fingerprint density at radius 1 is 1.29 bits per heavy atom. The fourth-order valence-corrected chi connectivity index (χ4v) is 1.65. The minimum atomic E-state index is -0.425. The lowest BCUT2D eigenvalue weighted by Crippen LogP contribution is -2.01. The van der Waals surface area contributed by atoms with Gasteiger partial charge < -0.3 is 9.72 Å². The van der Waals surface area contributed by atoms with Crippen molar-refractivity contribution in [1.29, 1.82) is 0 Å². The van der Waals surface area contributed by atoms with E-state index in [-0.39, 0.29) is 0 Å². The number of rotatable bonds is 2. The molecule has 0 atom stereocenters. The third kappa shape index (κ3) is 2.33. The fraction of sp³-hybridized carbons (Fsp3) is 0.250. The van der Waals surface area contributed by atoms with E-state index < -0.39 is 5.97 Å². The van der Waals surface area contributed by atoms with Crippen LogP contribution >= 0.6 is 0 Å². The van der Waals surface area contributed by atoms with Crippen LogP contribution in [0.5, 0.6) is 0 Å². The molecule has 0 amide bonds. The number of H-pyrrole nitrogens is 1. The minimum Gasteiger partial charge on any atom is -0.464 e. The van der Waals surface area contributed by atoms with Gasteiger partial charge in [0.2, 0.25) is 0 Å². The highest BCUT2D eigenvalue weighted by Crippen LogP contribution is 2.17. The lowest BCUT2D eigenvalue weighted by atomic mass is 10.2. The van der Waals surface area contributed by atoms with Gasteiger partial charge in [0.05, 0.1) is 13.3 Å². The maximum absolute atomic E-state index is 11.3. The summed E-state index contributed by atoms with van der Waals surface area (Å²) in [5.41, 5.74) is 3.08. The third-order valence-electron chi connectivity index (χ3n) is 2.34. The standard InChI is InChI=1S/C12H13N3O2/c1-7-4-9(5-8(2)14-7)11-13-6-10(15-11)12(16)17-3/h4-6H,1-3H3,(H,13,15). The number of aryl methyl sites for hydroxylation is 2. The average Bonchev–Trinajstić information content (AvgIpc) is 2.76. The number of hydrogen-bond acceptors (Lipinski definition) is 4. The second kappa shape index (κ2) is 4.37. The average molecular weight is 231 g/mol. The smallest absolute Gasteiger partial charge is 0.356 e. The number of aromatic amines is 1. The number of ether oxygens (including phenoxy) is 1. The summed E-state index contributed by atoms with van der Waals surface area (Å²) in [7, 11) is 1.34. The number of carbonyl (C=O) groups excluding carboxylic acids is 1. The van der Waals surface area contributed by atoms with Gasteiger partial charge in [-0.05, 0) is 26.0 Å². The van der Waals surface area contributed by atoms with E-state index >= 15 is 0 Å². The molecule has 0 aliphatic carbocycles. The first-order chi connectivity index (χ1) is 8.10. The zero-order chi connectivity index (χ0) is 12.4. The summed E-state index contributed by atoms with van der Waals surface area (Å²) < 4.78 is 4.61.